The van der Waals surface area contributed by atoms with Crippen LogP contribution in [0.2, 0.25) is 0 Å². The third-order valence-electron chi connectivity index (χ3n) is 0.842. The van der Waals surface area contributed by atoms with Gasteiger partial charge in [0.2, 0.25) is 0 Å². The molecule has 0 unspecified atom stereocenters. The molecule has 0 aliphatic carbocycles. The van der Waals surface area contributed by atoms with Gasteiger partial charge >= 0.3 is 0 Å². The zero-order valence-corrected chi connectivity index (χ0v) is 6.16. The van der Waals surface area contributed by atoms with Crippen molar-refractivity contribution in [1.29, 1.82) is 0 Å². The highest BCUT2D eigenvalue weighted by atomic mass is 35.5. The molecule has 0 spiro atoms. The Morgan fingerprint density at radius 1 is 1.67 bits per heavy atom. The zero-order valence-electron chi connectivity index (χ0n) is 5.41. The fourth-order valence-corrected chi connectivity index (χ4v) is 0.464. The average Bonchev–Trinajstić information content (AvgIpc) is 1.80. The topological polar surface area (TPSA) is 17.1 Å². The lowest BCUT2D eigenvalue weighted by molar-refractivity contribution is -0.107. The maximum absolute atomic E-state index is 10.00. The zero-order chi connectivity index (χ0) is 7.11. The second kappa shape index (κ2) is 5.65. The van der Waals surface area contributed by atoms with E-state index in [9.17, 15) is 4.79 Å². The molecule has 0 bridgehead atoms. The predicted octanol–water partition coefficient (Wildman–Crippen LogP) is 1.95. The van der Waals surface area contributed by atoms with Crippen molar-refractivity contribution in [2.24, 2.45) is 0 Å². The Kier molecular flexibility index (Phi) is 5.35. The summed E-state index contributed by atoms with van der Waals surface area (Å²) in [5.74, 6) is 4.91. The molecule has 2 heteroatoms. The highest BCUT2D eigenvalue weighted by molar-refractivity contribution is 6.68. The van der Waals surface area contributed by atoms with Crippen molar-refractivity contribution in [2.45, 2.75) is 26.2 Å². The van der Waals surface area contributed by atoms with Crippen molar-refractivity contribution in [3.63, 3.8) is 0 Å². The van der Waals surface area contributed by atoms with Crippen LogP contribution in [0.3, 0.4) is 0 Å². The van der Waals surface area contributed by atoms with E-state index in [0.717, 1.165) is 19.3 Å². The van der Waals surface area contributed by atoms with Crippen LogP contribution in [0, 0.1) is 11.8 Å². The van der Waals surface area contributed by atoms with Crippen LogP contribution < -0.4 is 0 Å². The first-order chi connectivity index (χ1) is 4.27. The third kappa shape index (κ3) is 7.52. The second-order valence-electron chi connectivity index (χ2n) is 1.68. The molecule has 0 radical (unpaired) electrons. The SMILES string of the molecule is CCCCC#CC(=O)Cl. The van der Waals surface area contributed by atoms with Crippen LogP contribution in [0.1, 0.15) is 26.2 Å². The molecule has 0 saturated carbocycles. The van der Waals surface area contributed by atoms with Crippen molar-refractivity contribution < 1.29 is 4.79 Å². The summed E-state index contributed by atoms with van der Waals surface area (Å²) in [6, 6.07) is 0. The summed E-state index contributed by atoms with van der Waals surface area (Å²) in [5.41, 5.74) is 0. The van der Waals surface area contributed by atoms with Gasteiger partial charge in [-0.3, -0.25) is 4.79 Å². The standard InChI is InChI=1S/C7H9ClO/c1-2-3-4-5-6-7(8)9/h2-4H2,1H3. The molecular formula is C7H9ClO. The fraction of sp³-hybridized carbons (Fsp3) is 0.571. The molecule has 0 aliphatic rings. The molecule has 9 heavy (non-hydrogen) atoms. The molecule has 0 rings (SSSR count). The lowest BCUT2D eigenvalue weighted by atomic mass is 10.3. The molecule has 0 N–H and O–H groups in total. The van der Waals surface area contributed by atoms with Crippen LogP contribution in [0.4, 0.5) is 0 Å². The molecule has 0 aromatic rings. The largest absolute Gasteiger partial charge is 0.296 e. The Balaban J connectivity index is 3.27. The average molecular weight is 145 g/mol. The third-order valence-corrected chi connectivity index (χ3v) is 0.936. The van der Waals surface area contributed by atoms with E-state index in [2.05, 4.69) is 18.8 Å². The van der Waals surface area contributed by atoms with Crippen LogP contribution in [0.25, 0.3) is 0 Å². The summed E-state index contributed by atoms with van der Waals surface area (Å²) >= 11 is 4.94. The summed E-state index contributed by atoms with van der Waals surface area (Å²) in [4.78, 5) is 10.00. The van der Waals surface area contributed by atoms with Crippen molar-refractivity contribution in [3.05, 3.63) is 0 Å². The van der Waals surface area contributed by atoms with E-state index < -0.39 is 5.24 Å². The molecule has 1 nitrogen and oxygen atoms in total. The predicted molar refractivity (Wildman–Crippen MR) is 38.2 cm³/mol. The Bertz CT molecular complexity index is 141. The smallest absolute Gasteiger partial charge is 0.266 e. The van der Waals surface area contributed by atoms with Gasteiger partial charge in [-0.05, 0) is 23.9 Å². The quantitative estimate of drug-likeness (QED) is 0.329. The van der Waals surface area contributed by atoms with Gasteiger partial charge in [-0.25, -0.2) is 0 Å². The van der Waals surface area contributed by atoms with Crippen molar-refractivity contribution >= 4 is 16.8 Å². The monoisotopic (exact) mass is 144 g/mol. The van der Waals surface area contributed by atoms with Gasteiger partial charge in [-0.2, -0.15) is 0 Å². The Hall–Kier alpha value is -0.480. The molecule has 50 valence electrons. The first-order valence-corrected chi connectivity index (χ1v) is 3.33. The molecule has 0 amide bonds. The Labute approximate surface area is 60.4 Å². The van der Waals surface area contributed by atoms with E-state index in [1.165, 1.54) is 0 Å². The van der Waals surface area contributed by atoms with Gasteiger partial charge in [-0.1, -0.05) is 19.3 Å². The number of rotatable bonds is 2. The van der Waals surface area contributed by atoms with Gasteiger partial charge in [0.25, 0.3) is 5.24 Å². The van der Waals surface area contributed by atoms with E-state index in [1.807, 2.05) is 0 Å². The van der Waals surface area contributed by atoms with E-state index in [4.69, 9.17) is 11.6 Å². The maximum Gasteiger partial charge on any atom is 0.296 e. The summed E-state index contributed by atoms with van der Waals surface area (Å²) < 4.78 is 0. The van der Waals surface area contributed by atoms with Crippen LogP contribution in [-0.2, 0) is 4.79 Å². The van der Waals surface area contributed by atoms with Crippen LogP contribution >= 0.6 is 11.6 Å². The minimum absolute atomic E-state index is 0.564. The number of unbranched alkanes of at least 4 members (excludes halogenated alkanes) is 2. The number of hydrogen-bond acceptors (Lipinski definition) is 1. The maximum atomic E-state index is 10.00. The Morgan fingerprint density at radius 3 is 2.78 bits per heavy atom. The van der Waals surface area contributed by atoms with E-state index >= 15 is 0 Å². The summed E-state index contributed by atoms with van der Waals surface area (Å²) in [7, 11) is 0. The molecule has 0 aromatic carbocycles. The van der Waals surface area contributed by atoms with E-state index in [-0.39, 0.29) is 0 Å². The molecule has 0 atom stereocenters. The van der Waals surface area contributed by atoms with Gasteiger partial charge in [0.05, 0.1) is 0 Å². The fourth-order valence-electron chi connectivity index (χ4n) is 0.397. The van der Waals surface area contributed by atoms with Gasteiger partial charge in [0.1, 0.15) is 0 Å². The number of halogens is 1. The first kappa shape index (κ1) is 8.52. The molecular weight excluding hydrogens is 136 g/mol. The lowest BCUT2D eigenvalue weighted by Crippen LogP contribution is -1.75. The molecule has 0 aromatic heterocycles. The first-order valence-electron chi connectivity index (χ1n) is 2.95. The van der Waals surface area contributed by atoms with Crippen LogP contribution in [0.5, 0.6) is 0 Å². The number of carbonyl (C=O) groups excluding carboxylic acids is 1. The summed E-state index contributed by atoms with van der Waals surface area (Å²) in [6.45, 7) is 2.07. The number of hydrogen-bond donors (Lipinski definition) is 0. The van der Waals surface area contributed by atoms with Gasteiger partial charge < -0.3 is 0 Å². The van der Waals surface area contributed by atoms with E-state index in [0.29, 0.717) is 0 Å². The molecule has 0 aliphatic heterocycles. The normalized spacial score (nSPS) is 7.78. The van der Waals surface area contributed by atoms with Crippen LogP contribution in [0.15, 0.2) is 0 Å². The number of carbonyl (C=O) groups is 1. The van der Waals surface area contributed by atoms with Crippen LogP contribution in [-0.4, -0.2) is 5.24 Å². The highest BCUT2D eigenvalue weighted by Crippen LogP contribution is 1.90. The second-order valence-corrected chi connectivity index (χ2v) is 2.02. The van der Waals surface area contributed by atoms with Crippen molar-refractivity contribution in [3.8, 4) is 11.8 Å². The van der Waals surface area contributed by atoms with Gasteiger partial charge in [0, 0.05) is 6.42 Å². The van der Waals surface area contributed by atoms with Gasteiger partial charge in [-0.15, -0.1) is 0 Å². The minimum Gasteiger partial charge on any atom is -0.266 e. The minimum atomic E-state index is -0.564. The molecule has 0 saturated heterocycles. The molecule has 0 fully saturated rings. The lowest BCUT2D eigenvalue weighted by Gasteiger charge is -1.81. The summed E-state index contributed by atoms with van der Waals surface area (Å²) in [5, 5.41) is -0.564. The van der Waals surface area contributed by atoms with Crippen molar-refractivity contribution in [1.82, 2.24) is 0 Å². The highest BCUT2D eigenvalue weighted by Gasteiger charge is 1.81. The van der Waals surface area contributed by atoms with Crippen molar-refractivity contribution in [2.75, 3.05) is 0 Å². The Morgan fingerprint density at radius 2 is 2.33 bits per heavy atom. The summed E-state index contributed by atoms with van der Waals surface area (Å²) in [6.07, 6.45) is 2.91. The molecule has 0 heterocycles. The van der Waals surface area contributed by atoms with E-state index in [1.54, 1.807) is 0 Å². The van der Waals surface area contributed by atoms with Gasteiger partial charge in [0.15, 0.2) is 0 Å².